The van der Waals surface area contributed by atoms with Gasteiger partial charge in [0.2, 0.25) is 0 Å². The zero-order valence-electron chi connectivity index (χ0n) is 27.3. The lowest BCUT2D eigenvalue weighted by Gasteiger charge is -2.33. The van der Waals surface area contributed by atoms with Crippen LogP contribution in [0.4, 0.5) is 11.4 Å². The quantitative estimate of drug-likeness (QED) is 0.215. The molecule has 2 fully saturated rings. The third kappa shape index (κ3) is 6.20. The van der Waals surface area contributed by atoms with Gasteiger partial charge in [0.15, 0.2) is 0 Å². The molecule has 8 nitrogen and oxygen atoms in total. The summed E-state index contributed by atoms with van der Waals surface area (Å²) in [5, 5.41) is 12.5. The molecule has 2 aliphatic heterocycles. The highest BCUT2D eigenvalue weighted by atomic mass is 32.1. The van der Waals surface area contributed by atoms with Gasteiger partial charge in [-0.05, 0) is 123 Å². The Labute approximate surface area is 284 Å². The first-order chi connectivity index (χ1) is 23.2. The average Bonchev–Trinajstić information content (AvgIpc) is 3.72. The van der Waals surface area contributed by atoms with Gasteiger partial charge in [0.1, 0.15) is 4.88 Å². The Balaban J connectivity index is 1.08. The average molecular weight is 662 g/mol. The lowest BCUT2D eigenvalue weighted by Crippen LogP contribution is -2.32. The maximum atomic E-state index is 14.0. The van der Waals surface area contributed by atoms with Gasteiger partial charge in [-0.15, -0.1) is 11.3 Å². The summed E-state index contributed by atoms with van der Waals surface area (Å²) >= 11 is 1.26. The third-order valence-corrected chi connectivity index (χ3v) is 11.5. The van der Waals surface area contributed by atoms with E-state index in [0.717, 1.165) is 83.8 Å². The highest BCUT2D eigenvalue weighted by Gasteiger charge is 2.42. The number of anilines is 2. The molecule has 2 aromatic carbocycles. The molecule has 4 aromatic rings. The predicted molar refractivity (Wildman–Crippen MR) is 189 cm³/mol. The third-order valence-electron chi connectivity index (χ3n) is 10.3. The summed E-state index contributed by atoms with van der Waals surface area (Å²) in [5.41, 5.74) is 7.68. The topological polar surface area (TPSA) is 109 Å². The van der Waals surface area contributed by atoms with Crippen molar-refractivity contribution < 1.29 is 24.2 Å². The number of carboxylic acids is 1. The van der Waals surface area contributed by atoms with Crippen molar-refractivity contribution in [1.29, 1.82) is 0 Å². The van der Waals surface area contributed by atoms with Crippen LogP contribution in [-0.4, -0.2) is 47.6 Å². The molecule has 2 aromatic heterocycles. The first kappa shape index (κ1) is 32.0. The molecule has 0 bridgehead atoms. The Morgan fingerprint density at radius 3 is 2.52 bits per heavy atom. The van der Waals surface area contributed by atoms with E-state index in [4.69, 9.17) is 9.72 Å². The van der Waals surface area contributed by atoms with Gasteiger partial charge < -0.3 is 20.1 Å². The van der Waals surface area contributed by atoms with Gasteiger partial charge in [0, 0.05) is 53.6 Å². The fraction of sp³-hybridized carbons (Fsp3) is 0.333. The molecule has 246 valence electrons. The molecule has 1 aliphatic carbocycles. The number of amides is 2. The van der Waals surface area contributed by atoms with Crippen LogP contribution in [0.2, 0.25) is 0 Å². The van der Waals surface area contributed by atoms with Crippen LogP contribution in [0.3, 0.4) is 0 Å². The Morgan fingerprint density at radius 2 is 1.77 bits per heavy atom. The standard InChI is InChI=1S/C39H39N3O5S/c1-24-21-31(35(40-23-24)27-13-15-39(22-27)16-19-47-20-17-39)36(43)41-28-9-7-26(8-10-28)37(44)42-18-14-30(33-11-12-34(48-33)38(45)46)25(2)29-5-3-4-6-32(29)42/h3-12,21,23,27H,13-20,22H2,1-2H3,(H,41,43)(H,45,46). The van der Waals surface area contributed by atoms with E-state index in [0.29, 0.717) is 40.1 Å². The number of benzene rings is 2. The highest BCUT2D eigenvalue weighted by Crippen LogP contribution is 2.52. The number of ether oxygens (including phenoxy) is 1. The number of fused-ring (bicyclic) bond motifs is 1. The summed E-state index contributed by atoms with van der Waals surface area (Å²) in [7, 11) is 0. The van der Waals surface area contributed by atoms with Crippen molar-refractivity contribution in [2.75, 3.05) is 30.0 Å². The first-order valence-corrected chi connectivity index (χ1v) is 17.4. The van der Waals surface area contributed by atoms with Gasteiger partial charge in [-0.1, -0.05) is 18.2 Å². The summed E-state index contributed by atoms with van der Waals surface area (Å²) in [6.45, 7) is 6.06. The molecule has 1 unspecified atom stereocenters. The number of carboxylic acid groups (broad SMARTS) is 1. The predicted octanol–water partition coefficient (Wildman–Crippen LogP) is 8.45. The number of hydrogen-bond donors (Lipinski definition) is 2. The van der Waals surface area contributed by atoms with Crippen LogP contribution in [-0.2, 0) is 4.74 Å². The van der Waals surface area contributed by atoms with Crippen molar-refractivity contribution in [2.24, 2.45) is 5.41 Å². The molecule has 2 amide bonds. The minimum absolute atomic E-state index is 0.139. The van der Waals surface area contributed by atoms with Crippen molar-refractivity contribution in [3.05, 3.63) is 111 Å². The number of aryl methyl sites for hydroxylation is 1. The van der Waals surface area contributed by atoms with E-state index in [2.05, 4.69) is 5.32 Å². The van der Waals surface area contributed by atoms with Crippen molar-refractivity contribution in [3.8, 4) is 0 Å². The summed E-state index contributed by atoms with van der Waals surface area (Å²) in [6, 6.07) is 20.3. The molecule has 2 N–H and O–H groups in total. The molecular weight excluding hydrogens is 623 g/mol. The lowest BCUT2D eigenvalue weighted by molar-refractivity contribution is 0.0174. The number of aromatic carboxylic acids is 1. The van der Waals surface area contributed by atoms with Gasteiger partial charge in [0.25, 0.3) is 11.8 Å². The summed E-state index contributed by atoms with van der Waals surface area (Å²) in [5.74, 6) is -1.02. The maximum absolute atomic E-state index is 14.0. The molecule has 4 heterocycles. The van der Waals surface area contributed by atoms with E-state index < -0.39 is 5.97 Å². The maximum Gasteiger partial charge on any atom is 0.345 e. The molecular formula is C39H39N3O5S. The number of allylic oxidation sites excluding steroid dienone is 1. The SMILES string of the molecule is CC1=C(c2ccc(C(=O)O)s2)CCN(C(=O)c2ccc(NC(=O)c3cc(C)cnc3C3CCC4(CCOCC4)C3)cc2)c2ccccc21. The molecule has 0 radical (unpaired) electrons. The van der Waals surface area contributed by atoms with E-state index in [1.54, 1.807) is 35.2 Å². The molecule has 9 heteroatoms. The molecule has 48 heavy (non-hydrogen) atoms. The summed E-state index contributed by atoms with van der Waals surface area (Å²) in [6.07, 6.45) is 7.80. The Kier molecular flexibility index (Phi) is 8.74. The van der Waals surface area contributed by atoms with E-state index >= 15 is 0 Å². The Bertz CT molecular complexity index is 1920. The normalized spacial score (nSPS) is 18.8. The van der Waals surface area contributed by atoms with Gasteiger partial charge >= 0.3 is 5.97 Å². The van der Waals surface area contributed by atoms with Crippen LogP contribution < -0.4 is 10.2 Å². The molecule has 1 spiro atoms. The minimum Gasteiger partial charge on any atom is -0.477 e. The van der Waals surface area contributed by atoms with E-state index in [1.807, 2.05) is 56.4 Å². The van der Waals surface area contributed by atoms with Crippen LogP contribution in [0.15, 0.2) is 72.9 Å². The summed E-state index contributed by atoms with van der Waals surface area (Å²) < 4.78 is 5.63. The first-order valence-electron chi connectivity index (χ1n) is 16.6. The molecule has 3 aliphatic rings. The van der Waals surface area contributed by atoms with Gasteiger partial charge in [0.05, 0.1) is 16.9 Å². The fourth-order valence-corrected chi connectivity index (χ4v) is 8.67. The number of aromatic nitrogens is 1. The highest BCUT2D eigenvalue weighted by molar-refractivity contribution is 7.15. The monoisotopic (exact) mass is 661 g/mol. The number of carbonyl (C=O) groups excluding carboxylic acids is 2. The molecule has 1 saturated heterocycles. The number of nitrogens with one attached hydrogen (secondary N) is 1. The number of nitrogens with zero attached hydrogens (tertiary/aromatic N) is 2. The number of para-hydroxylation sites is 1. The van der Waals surface area contributed by atoms with E-state index in [1.165, 1.54) is 11.3 Å². The van der Waals surface area contributed by atoms with Crippen molar-refractivity contribution in [1.82, 2.24) is 4.98 Å². The minimum atomic E-state index is -0.941. The van der Waals surface area contributed by atoms with Crippen molar-refractivity contribution in [3.63, 3.8) is 0 Å². The van der Waals surface area contributed by atoms with Gasteiger partial charge in [-0.2, -0.15) is 0 Å². The fourth-order valence-electron chi connectivity index (χ4n) is 7.69. The number of carbonyl (C=O) groups is 3. The zero-order chi connectivity index (χ0) is 33.4. The molecule has 7 rings (SSSR count). The Morgan fingerprint density at radius 1 is 1.00 bits per heavy atom. The van der Waals surface area contributed by atoms with Crippen LogP contribution in [0.1, 0.15) is 103 Å². The van der Waals surface area contributed by atoms with Gasteiger partial charge in [-0.25, -0.2) is 4.79 Å². The van der Waals surface area contributed by atoms with Crippen molar-refractivity contribution >= 4 is 51.6 Å². The second-order valence-electron chi connectivity index (χ2n) is 13.3. The molecule has 1 saturated carbocycles. The van der Waals surface area contributed by atoms with Gasteiger partial charge in [-0.3, -0.25) is 14.6 Å². The van der Waals surface area contributed by atoms with E-state index in [9.17, 15) is 19.5 Å². The summed E-state index contributed by atoms with van der Waals surface area (Å²) in [4.78, 5) is 47.0. The lowest BCUT2D eigenvalue weighted by atomic mass is 9.77. The number of rotatable bonds is 6. The second kappa shape index (κ2) is 13.1. The Hall–Kier alpha value is -4.60. The van der Waals surface area contributed by atoms with Crippen LogP contribution in [0.5, 0.6) is 0 Å². The zero-order valence-corrected chi connectivity index (χ0v) is 28.1. The second-order valence-corrected chi connectivity index (χ2v) is 14.4. The van der Waals surface area contributed by atoms with Crippen LogP contribution >= 0.6 is 11.3 Å². The largest absolute Gasteiger partial charge is 0.477 e. The van der Waals surface area contributed by atoms with Crippen LogP contribution in [0.25, 0.3) is 11.1 Å². The number of pyridine rings is 1. The number of thiophene rings is 1. The van der Waals surface area contributed by atoms with E-state index in [-0.39, 0.29) is 17.7 Å². The van der Waals surface area contributed by atoms with Crippen LogP contribution in [0, 0.1) is 12.3 Å². The smallest absolute Gasteiger partial charge is 0.345 e. The van der Waals surface area contributed by atoms with Crippen molar-refractivity contribution in [2.45, 2.75) is 58.3 Å². The number of hydrogen-bond acceptors (Lipinski definition) is 6. The molecule has 1 atom stereocenters.